The van der Waals surface area contributed by atoms with E-state index in [0.29, 0.717) is 32.7 Å². The summed E-state index contributed by atoms with van der Waals surface area (Å²) in [6.45, 7) is 4.46. The number of rotatable bonds is 5. The summed E-state index contributed by atoms with van der Waals surface area (Å²) in [7, 11) is -2.47. The predicted molar refractivity (Wildman–Crippen MR) is 90.9 cm³/mol. The van der Waals surface area contributed by atoms with Gasteiger partial charge in [-0.15, -0.1) is 11.3 Å². The normalized spacial score (nSPS) is 16.9. The molecule has 0 aromatic carbocycles. The maximum Gasteiger partial charge on any atom is 0.349 e. The maximum atomic E-state index is 12.8. The topological polar surface area (TPSA) is 93.0 Å². The monoisotopic (exact) mass is 385 g/mol. The van der Waals surface area contributed by atoms with Crippen molar-refractivity contribution in [3.63, 3.8) is 0 Å². The van der Waals surface area contributed by atoms with Crippen LogP contribution in [0.15, 0.2) is 27.1 Å². The maximum absolute atomic E-state index is 12.8. The summed E-state index contributed by atoms with van der Waals surface area (Å²) in [6, 6.07) is 1.46. The van der Waals surface area contributed by atoms with Crippen LogP contribution in [0.1, 0.15) is 21.0 Å². The van der Waals surface area contributed by atoms with Crippen molar-refractivity contribution in [3.8, 4) is 0 Å². The zero-order valence-corrected chi connectivity index (χ0v) is 15.6. The van der Waals surface area contributed by atoms with Crippen molar-refractivity contribution in [2.45, 2.75) is 18.4 Å². The number of carbonyl (C=O) groups excluding carboxylic acids is 1. The minimum Gasteiger partial charge on any atom is -0.465 e. The third-order valence-corrected chi connectivity index (χ3v) is 7.16. The van der Waals surface area contributed by atoms with Crippen molar-refractivity contribution in [3.05, 3.63) is 33.8 Å². The Kier molecular flexibility index (Phi) is 5.23. The third kappa shape index (κ3) is 3.61. The van der Waals surface area contributed by atoms with E-state index < -0.39 is 16.0 Å². The van der Waals surface area contributed by atoms with Gasteiger partial charge in [-0.1, -0.05) is 5.16 Å². The first kappa shape index (κ1) is 18.1. The Morgan fingerprint density at radius 3 is 2.68 bits per heavy atom. The smallest absolute Gasteiger partial charge is 0.349 e. The van der Waals surface area contributed by atoms with E-state index in [-0.39, 0.29) is 9.77 Å². The number of thiophene rings is 1. The van der Waals surface area contributed by atoms with Crippen molar-refractivity contribution in [1.29, 1.82) is 0 Å². The van der Waals surface area contributed by atoms with E-state index in [0.717, 1.165) is 22.7 Å². The highest BCUT2D eigenvalue weighted by Gasteiger charge is 2.33. The van der Waals surface area contributed by atoms with Crippen LogP contribution < -0.4 is 0 Å². The van der Waals surface area contributed by atoms with Crippen molar-refractivity contribution in [2.75, 3.05) is 33.3 Å². The highest BCUT2D eigenvalue weighted by atomic mass is 32.2. The van der Waals surface area contributed by atoms with Gasteiger partial charge in [0.15, 0.2) is 0 Å². The molecule has 3 rings (SSSR count). The molecule has 0 atom stereocenters. The van der Waals surface area contributed by atoms with Gasteiger partial charge < -0.3 is 9.26 Å². The number of hydrogen-bond acceptors (Lipinski definition) is 8. The Labute approximate surface area is 150 Å². The lowest BCUT2D eigenvalue weighted by Gasteiger charge is -2.33. The molecule has 0 aliphatic carbocycles. The molecule has 0 radical (unpaired) electrons. The fraction of sp³-hybridized carbons (Fsp3) is 0.467. The number of aryl methyl sites for hydroxylation is 1. The van der Waals surface area contributed by atoms with Crippen molar-refractivity contribution >= 4 is 27.3 Å². The summed E-state index contributed by atoms with van der Waals surface area (Å²) < 4.78 is 36.8. The lowest BCUT2D eigenvalue weighted by atomic mass is 10.2. The van der Waals surface area contributed by atoms with Gasteiger partial charge >= 0.3 is 5.97 Å². The highest BCUT2D eigenvalue weighted by Crippen LogP contribution is 2.27. The quantitative estimate of drug-likeness (QED) is 0.717. The molecule has 0 saturated carbocycles. The van der Waals surface area contributed by atoms with Crippen molar-refractivity contribution < 1.29 is 22.5 Å². The molecule has 2 aromatic heterocycles. The number of aromatic nitrogens is 1. The lowest BCUT2D eigenvalue weighted by molar-refractivity contribution is 0.0602. The number of carbonyl (C=O) groups is 1. The molecule has 0 bridgehead atoms. The van der Waals surface area contributed by atoms with Crippen LogP contribution in [0.2, 0.25) is 0 Å². The summed E-state index contributed by atoms with van der Waals surface area (Å²) in [5, 5.41) is 5.35. The van der Waals surface area contributed by atoms with Gasteiger partial charge in [0.1, 0.15) is 15.5 Å². The number of sulfonamides is 1. The highest BCUT2D eigenvalue weighted by molar-refractivity contribution is 7.89. The Hall–Kier alpha value is -1.75. The van der Waals surface area contributed by atoms with Crippen LogP contribution in [0, 0.1) is 6.92 Å². The number of piperazine rings is 1. The van der Waals surface area contributed by atoms with Gasteiger partial charge in [-0.2, -0.15) is 4.31 Å². The molecule has 0 unspecified atom stereocenters. The van der Waals surface area contributed by atoms with Crippen LogP contribution in [0.4, 0.5) is 0 Å². The number of esters is 1. The molecular formula is C15H19N3O5S2. The third-order valence-electron chi connectivity index (χ3n) is 4.19. The van der Waals surface area contributed by atoms with E-state index in [4.69, 9.17) is 4.52 Å². The van der Waals surface area contributed by atoms with E-state index in [1.54, 1.807) is 11.6 Å². The molecule has 136 valence electrons. The van der Waals surface area contributed by atoms with Gasteiger partial charge in [-0.25, -0.2) is 13.2 Å². The Morgan fingerprint density at radius 1 is 1.36 bits per heavy atom. The fourth-order valence-corrected chi connectivity index (χ4v) is 5.45. The van der Waals surface area contributed by atoms with Crippen LogP contribution in [0.3, 0.4) is 0 Å². The first-order valence-electron chi connectivity index (χ1n) is 7.72. The molecule has 0 amide bonds. The van der Waals surface area contributed by atoms with Crippen LogP contribution in [0.5, 0.6) is 0 Å². The average molecular weight is 385 g/mol. The first-order chi connectivity index (χ1) is 11.9. The molecule has 25 heavy (non-hydrogen) atoms. The molecule has 1 fully saturated rings. The molecule has 1 saturated heterocycles. The van der Waals surface area contributed by atoms with E-state index in [1.807, 2.05) is 6.92 Å². The molecule has 3 heterocycles. The van der Waals surface area contributed by atoms with E-state index in [1.165, 1.54) is 17.5 Å². The van der Waals surface area contributed by atoms with Crippen LogP contribution in [-0.4, -0.2) is 62.0 Å². The SMILES string of the molecule is COC(=O)c1sccc1S(=O)(=O)N1CCN(Cc2cnoc2C)CC1. The van der Waals surface area contributed by atoms with Gasteiger partial charge in [0.2, 0.25) is 10.0 Å². The van der Waals surface area contributed by atoms with Gasteiger partial charge in [0.25, 0.3) is 0 Å². The summed E-state index contributed by atoms with van der Waals surface area (Å²) in [5.74, 6) is 0.145. The second-order valence-electron chi connectivity index (χ2n) is 5.69. The number of hydrogen-bond donors (Lipinski definition) is 0. The standard InChI is InChI=1S/C15H19N3O5S2/c1-11-12(9-16-23-11)10-17-4-6-18(7-5-17)25(20,21)13-3-8-24-14(13)15(19)22-2/h3,8-9H,4-7,10H2,1-2H3. The molecular weight excluding hydrogens is 366 g/mol. The number of ether oxygens (including phenoxy) is 1. The average Bonchev–Trinajstić information content (AvgIpc) is 3.25. The predicted octanol–water partition coefficient (Wildman–Crippen LogP) is 1.34. The van der Waals surface area contributed by atoms with Crippen LogP contribution in [0.25, 0.3) is 0 Å². The summed E-state index contributed by atoms with van der Waals surface area (Å²) in [5.41, 5.74) is 1.00. The van der Waals surface area contributed by atoms with E-state index in [9.17, 15) is 13.2 Å². The van der Waals surface area contributed by atoms with Gasteiger partial charge in [0, 0.05) is 38.3 Å². The zero-order chi connectivity index (χ0) is 18.0. The Morgan fingerprint density at radius 2 is 2.08 bits per heavy atom. The van der Waals surface area contributed by atoms with Crippen LogP contribution >= 0.6 is 11.3 Å². The summed E-state index contributed by atoms with van der Waals surface area (Å²) in [6.07, 6.45) is 1.69. The minimum absolute atomic E-state index is 0.0210. The zero-order valence-electron chi connectivity index (χ0n) is 14.0. The second kappa shape index (κ2) is 7.24. The largest absolute Gasteiger partial charge is 0.465 e. The van der Waals surface area contributed by atoms with Gasteiger partial charge in [-0.05, 0) is 18.4 Å². The van der Waals surface area contributed by atoms with Gasteiger partial charge in [0.05, 0.1) is 13.3 Å². The Bertz CT molecular complexity index is 850. The first-order valence-corrected chi connectivity index (χ1v) is 10.0. The summed E-state index contributed by atoms with van der Waals surface area (Å²) >= 11 is 1.07. The van der Waals surface area contributed by atoms with Crippen LogP contribution in [-0.2, 0) is 21.3 Å². The summed E-state index contributed by atoms with van der Waals surface area (Å²) in [4.78, 5) is 14.1. The van der Waals surface area contributed by atoms with E-state index in [2.05, 4.69) is 14.8 Å². The second-order valence-corrected chi connectivity index (χ2v) is 8.52. The lowest BCUT2D eigenvalue weighted by Crippen LogP contribution is -2.48. The molecule has 2 aromatic rings. The molecule has 0 spiro atoms. The van der Waals surface area contributed by atoms with Crippen molar-refractivity contribution in [1.82, 2.24) is 14.4 Å². The Balaban J connectivity index is 1.69. The molecule has 8 nitrogen and oxygen atoms in total. The molecule has 0 N–H and O–H groups in total. The number of nitrogens with zero attached hydrogens (tertiary/aromatic N) is 3. The number of methoxy groups -OCH3 is 1. The minimum atomic E-state index is -3.71. The van der Waals surface area contributed by atoms with Crippen molar-refractivity contribution in [2.24, 2.45) is 0 Å². The fourth-order valence-electron chi connectivity index (χ4n) is 2.72. The van der Waals surface area contributed by atoms with Gasteiger partial charge in [-0.3, -0.25) is 4.90 Å². The molecule has 1 aliphatic heterocycles. The molecule has 10 heteroatoms. The molecule has 1 aliphatic rings. The van der Waals surface area contributed by atoms with E-state index >= 15 is 0 Å².